The minimum atomic E-state index is -0.605. The van der Waals surface area contributed by atoms with Crippen molar-refractivity contribution in [3.8, 4) is 0 Å². The van der Waals surface area contributed by atoms with Gasteiger partial charge in [0, 0.05) is 11.8 Å². The molecule has 0 bridgehead atoms. The molecule has 1 fully saturated rings. The number of amides is 3. The maximum atomic E-state index is 12.2. The van der Waals surface area contributed by atoms with Crippen LogP contribution in [0.4, 0.5) is 5.69 Å². The number of nitrogens with one attached hydrogen (secondary N) is 1. The van der Waals surface area contributed by atoms with Crippen molar-refractivity contribution in [3.63, 3.8) is 0 Å². The van der Waals surface area contributed by atoms with Gasteiger partial charge in [-0.2, -0.15) is 0 Å². The maximum Gasteiger partial charge on any atom is 0.249 e. The van der Waals surface area contributed by atoms with Crippen LogP contribution in [0.25, 0.3) is 6.08 Å². The second-order valence-electron chi connectivity index (χ2n) is 4.80. The van der Waals surface area contributed by atoms with E-state index in [1.807, 2.05) is 0 Å². The van der Waals surface area contributed by atoms with E-state index in [1.165, 1.54) is 11.0 Å². The first-order valence-electron chi connectivity index (χ1n) is 6.69. The van der Waals surface area contributed by atoms with E-state index >= 15 is 0 Å². The highest BCUT2D eigenvalue weighted by molar-refractivity contribution is 6.06. The van der Waals surface area contributed by atoms with Crippen molar-refractivity contribution in [1.29, 1.82) is 0 Å². The molecule has 1 aliphatic heterocycles. The van der Waals surface area contributed by atoms with E-state index < -0.39 is 17.9 Å². The number of nitrogens with zero attached hydrogens (tertiary/aromatic N) is 1. The van der Waals surface area contributed by atoms with Crippen LogP contribution in [0.5, 0.6) is 0 Å². The number of benzene rings is 1. The van der Waals surface area contributed by atoms with Crippen LogP contribution in [0.15, 0.2) is 30.3 Å². The fourth-order valence-electron chi connectivity index (χ4n) is 2.17. The van der Waals surface area contributed by atoms with Crippen LogP contribution in [0.2, 0.25) is 0 Å². The molecule has 0 aromatic heterocycles. The molecule has 21 heavy (non-hydrogen) atoms. The van der Waals surface area contributed by atoms with Crippen LogP contribution in [-0.2, 0) is 14.4 Å². The van der Waals surface area contributed by atoms with Crippen molar-refractivity contribution < 1.29 is 14.4 Å². The molecule has 110 valence electrons. The SMILES string of the molecule is CCC1C(=O)NC(=O)CN1C(=O)/C=C/c1ccc(N)cc1. The predicted molar refractivity (Wildman–Crippen MR) is 78.8 cm³/mol. The molecule has 1 aliphatic rings. The summed E-state index contributed by atoms with van der Waals surface area (Å²) < 4.78 is 0. The highest BCUT2D eigenvalue weighted by Crippen LogP contribution is 2.12. The third kappa shape index (κ3) is 3.47. The number of nitrogens with two attached hydrogens (primary N) is 1. The predicted octanol–water partition coefficient (Wildman–Crippen LogP) is 0.546. The minimum absolute atomic E-state index is 0.102. The second-order valence-corrected chi connectivity index (χ2v) is 4.80. The normalized spacial score (nSPS) is 18.9. The minimum Gasteiger partial charge on any atom is -0.399 e. The van der Waals surface area contributed by atoms with Gasteiger partial charge in [-0.15, -0.1) is 0 Å². The highest BCUT2D eigenvalue weighted by atomic mass is 16.2. The summed E-state index contributed by atoms with van der Waals surface area (Å²) in [6.07, 6.45) is 3.45. The van der Waals surface area contributed by atoms with Gasteiger partial charge < -0.3 is 10.6 Å². The maximum absolute atomic E-state index is 12.2. The first kappa shape index (κ1) is 14.8. The molecule has 1 saturated heterocycles. The zero-order valence-corrected chi connectivity index (χ0v) is 11.7. The molecular weight excluding hydrogens is 270 g/mol. The first-order valence-corrected chi connectivity index (χ1v) is 6.69. The van der Waals surface area contributed by atoms with Gasteiger partial charge in [0.1, 0.15) is 12.6 Å². The summed E-state index contributed by atoms with van der Waals surface area (Å²) in [5, 5.41) is 2.24. The number of carbonyl (C=O) groups is 3. The van der Waals surface area contributed by atoms with Crippen LogP contribution < -0.4 is 11.1 Å². The van der Waals surface area contributed by atoms with Crippen molar-refractivity contribution in [2.45, 2.75) is 19.4 Å². The first-order chi connectivity index (χ1) is 10.0. The van der Waals surface area contributed by atoms with E-state index in [2.05, 4.69) is 5.32 Å². The van der Waals surface area contributed by atoms with Gasteiger partial charge in [-0.25, -0.2) is 0 Å². The Hall–Kier alpha value is -2.63. The Morgan fingerprint density at radius 3 is 2.67 bits per heavy atom. The van der Waals surface area contributed by atoms with Gasteiger partial charge in [0.15, 0.2) is 0 Å². The van der Waals surface area contributed by atoms with Gasteiger partial charge in [0.05, 0.1) is 0 Å². The van der Waals surface area contributed by atoms with Crippen molar-refractivity contribution >= 4 is 29.5 Å². The van der Waals surface area contributed by atoms with E-state index in [1.54, 1.807) is 37.3 Å². The number of hydrogen-bond acceptors (Lipinski definition) is 4. The van der Waals surface area contributed by atoms with Crippen LogP contribution in [0, 0.1) is 0 Å². The molecule has 0 radical (unpaired) electrons. The molecule has 0 aliphatic carbocycles. The standard InChI is InChI=1S/C15H17N3O3/c1-2-12-15(21)17-13(19)9-18(12)14(20)8-5-10-3-6-11(16)7-4-10/h3-8,12H,2,9,16H2,1H3,(H,17,19,21)/b8-5+. The Balaban J connectivity index is 2.12. The molecule has 2 rings (SSSR count). The van der Waals surface area contributed by atoms with Gasteiger partial charge in [0.25, 0.3) is 0 Å². The van der Waals surface area contributed by atoms with Crippen LogP contribution >= 0.6 is 0 Å². The Bertz CT molecular complexity index is 593. The summed E-state index contributed by atoms with van der Waals surface area (Å²) in [5.41, 5.74) is 7.04. The molecule has 1 aromatic rings. The number of nitrogen functional groups attached to an aromatic ring is 1. The van der Waals surface area contributed by atoms with Crippen molar-refractivity contribution in [2.24, 2.45) is 0 Å². The van der Waals surface area contributed by atoms with Crippen molar-refractivity contribution in [3.05, 3.63) is 35.9 Å². The van der Waals surface area contributed by atoms with Gasteiger partial charge >= 0.3 is 0 Å². The zero-order valence-electron chi connectivity index (χ0n) is 11.7. The molecule has 0 saturated carbocycles. The zero-order chi connectivity index (χ0) is 15.4. The number of carbonyl (C=O) groups excluding carboxylic acids is 3. The summed E-state index contributed by atoms with van der Waals surface area (Å²) in [7, 11) is 0. The average molecular weight is 287 g/mol. The number of imide groups is 1. The van der Waals surface area contributed by atoms with Gasteiger partial charge in [-0.1, -0.05) is 19.1 Å². The third-order valence-corrected chi connectivity index (χ3v) is 3.28. The second kappa shape index (κ2) is 6.21. The Morgan fingerprint density at radius 1 is 1.38 bits per heavy atom. The fourth-order valence-corrected chi connectivity index (χ4v) is 2.17. The summed E-state index contributed by atoms with van der Waals surface area (Å²) in [4.78, 5) is 36.6. The van der Waals surface area contributed by atoms with Crippen LogP contribution in [0.3, 0.4) is 0 Å². The molecule has 3 N–H and O–H groups in total. The molecule has 1 unspecified atom stereocenters. The van der Waals surface area contributed by atoms with Gasteiger partial charge in [0.2, 0.25) is 17.7 Å². The topological polar surface area (TPSA) is 92.5 Å². The Kier molecular flexibility index (Phi) is 4.37. The van der Waals surface area contributed by atoms with Gasteiger partial charge in [-0.3, -0.25) is 19.7 Å². The lowest BCUT2D eigenvalue weighted by Crippen LogP contribution is -2.59. The van der Waals surface area contributed by atoms with Crippen molar-refractivity contribution in [2.75, 3.05) is 12.3 Å². The summed E-state index contributed by atoms with van der Waals surface area (Å²) in [6, 6.07) is 6.43. The number of hydrogen-bond donors (Lipinski definition) is 2. The quantitative estimate of drug-likeness (QED) is 0.482. The van der Waals surface area contributed by atoms with Crippen molar-refractivity contribution in [1.82, 2.24) is 10.2 Å². The number of piperazine rings is 1. The Labute approximate surface area is 122 Å². The van der Waals surface area contributed by atoms with E-state index in [0.29, 0.717) is 12.1 Å². The van der Waals surface area contributed by atoms with E-state index in [9.17, 15) is 14.4 Å². The molecule has 1 atom stereocenters. The molecule has 6 heteroatoms. The fraction of sp³-hybridized carbons (Fsp3) is 0.267. The Morgan fingerprint density at radius 2 is 2.05 bits per heavy atom. The summed E-state index contributed by atoms with van der Waals surface area (Å²) in [6.45, 7) is 1.69. The average Bonchev–Trinajstić information content (AvgIpc) is 2.45. The highest BCUT2D eigenvalue weighted by Gasteiger charge is 2.34. The number of anilines is 1. The smallest absolute Gasteiger partial charge is 0.249 e. The lowest BCUT2D eigenvalue weighted by Gasteiger charge is -2.32. The molecular formula is C15H17N3O3. The molecule has 1 aromatic carbocycles. The van der Waals surface area contributed by atoms with Crippen LogP contribution in [-0.4, -0.2) is 35.2 Å². The lowest BCUT2D eigenvalue weighted by molar-refractivity contribution is -0.147. The summed E-state index contributed by atoms with van der Waals surface area (Å²) >= 11 is 0. The summed E-state index contributed by atoms with van der Waals surface area (Å²) in [5.74, 6) is -1.25. The van der Waals surface area contributed by atoms with E-state index in [4.69, 9.17) is 5.73 Å². The van der Waals surface area contributed by atoms with Crippen LogP contribution in [0.1, 0.15) is 18.9 Å². The number of rotatable bonds is 3. The molecule has 6 nitrogen and oxygen atoms in total. The molecule has 1 heterocycles. The van der Waals surface area contributed by atoms with E-state index in [-0.39, 0.29) is 12.5 Å². The van der Waals surface area contributed by atoms with E-state index in [0.717, 1.165) is 5.56 Å². The lowest BCUT2D eigenvalue weighted by atomic mass is 10.1. The molecule has 3 amide bonds. The molecule has 0 spiro atoms. The largest absolute Gasteiger partial charge is 0.399 e. The monoisotopic (exact) mass is 287 g/mol. The third-order valence-electron chi connectivity index (χ3n) is 3.28. The van der Waals surface area contributed by atoms with Gasteiger partial charge in [-0.05, 0) is 30.2 Å².